The zero-order chi connectivity index (χ0) is 18.2. The van der Waals surface area contributed by atoms with Crippen molar-refractivity contribution in [2.24, 2.45) is 5.73 Å². The molecular formula is C19H19NO4S. The summed E-state index contributed by atoms with van der Waals surface area (Å²) < 4.78 is 28.8. The zero-order valence-corrected chi connectivity index (χ0v) is 14.9. The van der Waals surface area contributed by atoms with Gasteiger partial charge in [-0.1, -0.05) is 36.4 Å². The molecule has 0 aliphatic carbocycles. The fourth-order valence-corrected chi connectivity index (χ4v) is 3.94. The highest BCUT2D eigenvalue weighted by atomic mass is 32.2. The van der Waals surface area contributed by atoms with E-state index in [9.17, 15) is 13.2 Å². The second kappa shape index (κ2) is 6.46. The molecule has 2 N–H and O–H groups in total. The number of hydrogen-bond donors (Lipinski definition) is 1. The van der Waals surface area contributed by atoms with Crippen molar-refractivity contribution in [2.45, 2.75) is 18.4 Å². The number of nitrogens with two attached hydrogens (primary N) is 1. The Morgan fingerprint density at radius 1 is 1.08 bits per heavy atom. The van der Waals surface area contributed by atoms with Crippen LogP contribution >= 0.6 is 0 Å². The molecule has 1 aliphatic heterocycles. The number of cyclic esters (lactones) is 1. The predicted octanol–water partition coefficient (Wildman–Crippen LogP) is 2.32. The first-order valence-corrected chi connectivity index (χ1v) is 9.71. The van der Waals surface area contributed by atoms with Gasteiger partial charge in [-0.05, 0) is 35.2 Å². The Morgan fingerprint density at radius 2 is 1.72 bits per heavy atom. The average Bonchev–Trinajstić information content (AvgIpc) is 2.95. The van der Waals surface area contributed by atoms with Gasteiger partial charge in [0.15, 0.2) is 9.84 Å². The van der Waals surface area contributed by atoms with Crippen LogP contribution in [0.3, 0.4) is 0 Å². The van der Waals surface area contributed by atoms with Crippen molar-refractivity contribution in [1.29, 1.82) is 0 Å². The average molecular weight is 357 g/mol. The molecule has 25 heavy (non-hydrogen) atoms. The van der Waals surface area contributed by atoms with Gasteiger partial charge in [0.25, 0.3) is 0 Å². The lowest BCUT2D eigenvalue weighted by Gasteiger charge is -2.09. The molecule has 2 aromatic carbocycles. The fraction of sp³-hybridized carbons (Fsp3) is 0.211. The minimum Gasteiger partial charge on any atom is -0.457 e. The Bertz CT molecular complexity index is 973. The molecule has 0 fully saturated rings. The molecule has 0 aromatic heterocycles. The smallest absolute Gasteiger partial charge is 0.339 e. The summed E-state index contributed by atoms with van der Waals surface area (Å²) in [6.45, 7) is 2.35. The van der Waals surface area contributed by atoms with E-state index in [2.05, 4.69) is 0 Å². The molecular weight excluding hydrogens is 338 g/mol. The molecule has 0 atom stereocenters. The standard InChI is InChI=1S/C19H19NO4S/c1-12-9-15(7-8-17(12)25(2,22)23)16-11-24-19(21)18(16)14-5-3-13(10-20)4-6-14/h3-9H,10-11,20H2,1-2H3. The number of carbonyl (C=O) groups is 1. The number of ether oxygens (including phenoxy) is 1. The number of aryl methyl sites for hydroxylation is 1. The van der Waals surface area contributed by atoms with E-state index in [0.29, 0.717) is 17.7 Å². The number of hydrogen-bond acceptors (Lipinski definition) is 5. The van der Waals surface area contributed by atoms with Gasteiger partial charge in [0.2, 0.25) is 0 Å². The minimum absolute atomic E-state index is 0.171. The van der Waals surface area contributed by atoms with Crippen LogP contribution in [-0.2, 0) is 25.9 Å². The van der Waals surface area contributed by atoms with Crippen LogP contribution < -0.4 is 5.73 Å². The highest BCUT2D eigenvalue weighted by Crippen LogP contribution is 2.34. The van der Waals surface area contributed by atoms with Crippen molar-refractivity contribution >= 4 is 27.0 Å². The molecule has 0 saturated carbocycles. The number of esters is 1. The summed E-state index contributed by atoms with van der Waals surface area (Å²) in [6.07, 6.45) is 1.18. The van der Waals surface area contributed by atoms with Gasteiger partial charge in [0, 0.05) is 18.4 Å². The van der Waals surface area contributed by atoms with Crippen LogP contribution in [0.5, 0.6) is 0 Å². The molecule has 0 spiro atoms. The van der Waals surface area contributed by atoms with Gasteiger partial charge in [0.05, 0.1) is 10.5 Å². The van der Waals surface area contributed by atoms with Crippen molar-refractivity contribution in [2.75, 3.05) is 12.9 Å². The third-order valence-corrected chi connectivity index (χ3v) is 5.51. The van der Waals surface area contributed by atoms with Crippen LogP contribution in [0.4, 0.5) is 0 Å². The fourth-order valence-electron chi connectivity index (χ4n) is 2.99. The summed E-state index contributed by atoms with van der Waals surface area (Å²) in [6, 6.07) is 12.5. The van der Waals surface area contributed by atoms with Gasteiger partial charge in [-0.2, -0.15) is 0 Å². The first kappa shape index (κ1) is 17.4. The molecule has 0 radical (unpaired) electrons. The number of benzene rings is 2. The maximum absolute atomic E-state index is 12.2. The molecule has 0 unspecified atom stereocenters. The van der Waals surface area contributed by atoms with Crippen LogP contribution in [0.1, 0.15) is 22.3 Å². The Balaban J connectivity index is 2.11. The summed E-state index contributed by atoms with van der Waals surface area (Å²) in [5.74, 6) is -0.375. The molecule has 1 heterocycles. The van der Waals surface area contributed by atoms with E-state index in [1.165, 1.54) is 6.26 Å². The molecule has 1 aliphatic rings. The van der Waals surface area contributed by atoms with Gasteiger partial charge in [-0.25, -0.2) is 13.2 Å². The largest absolute Gasteiger partial charge is 0.457 e. The molecule has 0 bridgehead atoms. The van der Waals surface area contributed by atoms with Gasteiger partial charge in [-0.3, -0.25) is 0 Å². The van der Waals surface area contributed by atoms with E-state index < -0.39 is 9.84 Å². The summed E-state index contributed by atoms with van der Waals surface area (Å²) in [7, 11) is -3.28. The van der Waals surface area contributed by atoms with E-state index in [-0.39, 0.29) is 17.5 Å². The summed E-state index contributed by atoms with van der Waals surface area (Å²) >= 11 is 0. The maximum atomic E-state index is 12.2. The van der Waals surface area contributed by atoms with Crippen molar-refractivity contribution < 1.29 is 17.9 Å². The van der Waals surface area contributed by atoms with Gasteiger partial charge in [0.1, 0.15) is 6.61 Å². The Morgan fingerprint density at radius 3 is 2.28 bits per heavy atom. The molecule has 130 valence electrons. The summed E-state index contributed by atoms with van der Waals surface area (Å²) in [4.78, 5) is 12.5. The second-order valence-corrected chi connectivity index (χ2v) is 8.07. The second-order valence-electron chi connectivity index (χ2n) is 6.08. The van der Waals surface area contributed by atoms with Crippen molar-refractivity contribution in [3.8, 4) is 0 Å². The highest BCUT2D eigenvalue weighted by Gasteiger charge is 2.27. The van der Waals surface area contributed by atoms with Crippen LogP contribution in [-0.4, -0.2) is 27.2 Å². The normalized spacial score (nSPS) is 14.8. The minimum atomic E-state index is -3.28. The molecule has 6 heteroatoms. The number of carbonyl (C=O) groups excluding carboxylic acids is 1. The van der Waals surface area contributed by atoms with Crippen LogP contribution in [0.15, 0.2) is 47.4 Å². The Labute approximate surface area is 147 Å². The lowest BCUT2D eigenvalue weighted by atomic mass is 9.95. The molecule has 0 saturated heterocycles. The topological polar surface area (TPSA) is 86.5 Å². The third-order valence-electron chi connectivity index (χ3n) is 4.25. The van der Waals surface area contributed by atoms with E-state index in [1.54, 1.807) is 25.1 Å². The quantitative estimate of drug-likeness (QED) is 0.849. The Kier molecular flexibility index (Phi) is 4.49. The summed E-state index contributed by atoms with van der Waals surface area (Å²) in [5.41, 5.74) is 10.0. The molecule has 0 amide bonds. The van der Waals surface area contributed by atoms with Gasteiger partial charge < -0.3 is 10.5 Å². The third kappa shape index (κ3) is 3.36. The van der Waals surface area contributed by atoms with E-state index in [4.69, 9.17) is 10.5 Å². The van der Waals surface area contributed by atoms with Gasteiger partial charge >= 0.3 is 5.97 Å². The first-order chi connectivity index (χ1) is 11.8. The van der Waals surface area contributed by atoms with Crippen LogP contribution in [0.2, 0.25) is 0 Å². The molecule has 3 rings (SSSR count). The summed E-state index contributed by atoms with van der Waals surface area (Å²) in [5, 5.41) is 0. The lowest BCUT2D eigenvalue weighted by molar-refractivity contribution is -0.133. The SMILES string of the molecule is Cc1cc(C2=C(c3ccc(CN)cc3)C(=O)OC2)ccc1S(C)(=O)=O. The predicted molar refractivity (Wildman–Crippen MR) is 96.4 cm³/mol. The van der Waals surface area contributed by atoms with Crippen molar-refractivity contribution in [3.63, 3.8) is 0 Å². The van der Waals surface area contributed by atoms with E-state index in [0.717, 1.165) is 22.3 Å². The lowest BCUT2D eigenvalue weighted by Crippen LogP contribution is -2.01. The first-order valence-electron chi connectivity index (χ1n) is 7.82. The van der Waals surface area contributed by atoms with Crippen LogP contribution in [0, 0.1) is 6.92 Å². The van der Waals surface area contributed by atoms with Crippen molar-refractivity contribution in [1.82, 2.24) is 0 Å². The van der Waals surface area contributed by atoms with Crippen LogP contribution in [0.25, 0.3) is 11.1 Å². The number of rotatable bonds is 4. The maximum Gasteiger partial charge on any atom is 0.339 e. The highest BCUT2D eigenvalue weighted by molar-refractivity contribution is 7.90. The van der Waals surface area contributed by atoms with E-state index >= 15 is 0 Å². The van der Waals surface area contributed by atoms with E-state index in [1.807, 2.05) is 24.3 Å². The molecule has 5 nitrogen and oxygen atoms in total. The molecule has 2 aromatic rings. The zero-order valence-electron chi connectivity index (χ0n) is 14.1. The monoisotopic (exact) mass is 357 g/mol. The Hall–Kier alpha value is -2.44. The van der Waals surface area contributed by atoms with Gasteiger partial charge in [-0.15, -0.1) is 0 Å². The number of sulfone groups is 1. The van der Waals surface area contributed by atoms with Crippen molar-refractivity contribution in [3.05, 3.63) is 64.7 Å².